The highest BCUT2D eigenvalue weighted by Crippen LogP contribution is 2.73. The Bertz CT molecular complexity index is 786. The second-order valence-corrected chi connectivity index (χ2v) is 12.5. The fraction of sp³-hybridized carbons (Fsp3) is 0.885. The predicted molar refractivity (Wildman–Crippen MR) is 115 cm³/mol. The van der Waals surface area contributed by atoms with E-state index in [1.54, 1.807) is 7.11 Å². The molecule has 168 valence electrons. The first-order chi connectivity index (χ1) is 14.0. The Kier molecular flexibility index (Phi) is 4.44. The van der Waals surface area contributed by atoms with Gasteiger partial charge in [0.25, 0.3) is 0 Å². The minimum absolute atomic E-state index is 0.165. The second-order valence-electron chi connectivity index (χ2n) is 12.5. The van der Waals surface area contributed by atoms with Gasteiger partial charge in [-0.05, 0) is 72.5 Å². The van der Waals surface area contributed by atoms with Crippen LogP contribution in [0.5, 0.6) is 0 Å². The maximum atomic E-state index is 12.5. The zero-order valence-electron chi connectivity index (χ0n) is 19.7. The lowest BCUT2D eigenvalue weighted by molar-refractivity contribution is -0.249. The molecular weight excluding hydrogens is 376 g/mol. The summed E-state index contributed by atoms with van der Waals surface area (Å²) in [5.74, 6) is 1.16. The lowest BCUT2D eigenvalue weighted by atomic mass is 9.34. The van der Waals surface area contributed by atoms with Gasteiger partial charge in [-0.15, -0.1) is 0 Å². The summed E-state index contributed by atoms with van der Waals surface area (Å²) in [7, 11) is 1.62. The Morgan fingerprint density at radius 2 is 1.73 bits per heavy atom. The first-order valence-corrected chi connectivity index (χ1v) is 12.1. The average Bonchev–Trinajstić information content (AvgIpc) is 3.00. The third kappa shape index (κ3) is 2.38. The molecule has 1 unspecified atom stereocenters. The number of ether oxygens (including phenoxy) is 2. The summed E-state index contributed by atoms with van der Waals surface area (Å²) in [6.07, 6.45) is 9.20. The Hall–Kier alpha value is -0.870. The SMILES string of the molecule is CO[C@@H]1OC(=O)C2=CC[C@H]3[C@]4(C)CC[C@H]5C(C)(C)CCC[C@]5(C)[C@H]4C[C@@H](O)[C@]3(C)C21. The lowest BCUT2D eigenvalue weighted by Gasteiger charge is -2.70. The zero-order valence-corrected chi connectivity index (χ0v) is 19.7. The maximum Gasteiger partial charge on any atom is 0.336 e. The summed E-state index contributed by atoms with van der Waals surface area (Å²) in [6.45, 7) is 12.2. The van der Waals surface area contributed by atoms with E-state index < -0.39 is 17.8 Å². The van der Waals surface area contributed by atoms with Crippen molar-refractivity contribution >= 4 is 5.97 Å². The smallest absolute Gasteiger partial charge is 0.336 e. The molecule has 0 aromatic carbocycles. The van der Waals surface area contributed by atoms with E-state index in [9.17, 15) is 9.90 Å². The number of methoxy groups -OCH3 is 1. The Labute approximate surface area is 181 Å². The summed E-state index contributed by atoms with van der Waals surface area (Å²) >= 11 is 0. The van der Waals surface area contributed by atoms with Crippen molar-refractivity contribution in [3.8, 4) is 0 Å². The van der Waals surface area contributed by atoms with Gasteiger partial charge in [-0.25, -0.2) is 4.79 Å². The van der Waals surface area contributed by atoms with Gasteiger partial charge in [0.05, 0.1) is 12.0 Å². The van der Waals surface area contributed by atoms with Crippen molar-refractivity contribution in [2.75, 3.05) is 7.11 Å². The third-order valence-corrected chi connectivity index (χ3v) is 11.1. The largest absolute Gasteiger partial charge is 0.432 e. The first-order valence-electron chi connectivity index (χ1n) is 12.1. The van der Waals surface area contributed by atoms with E-state index in [-0.39, 0.29) is 22.7 Å². The highest BCUT2D eigenvalue weighted by molar-refractivity contribution is 5.91. The van der Waals surface area contributed by atoms with Crippen LogP contribution in [0.3, 0.4) is 0 Å². The molecule has 4 heteroatoms. The number of aliphatic hydroxyl groups excluding tert-OH is 1. The molecule has 3 saturated carbocycles. The highest BCUT2D eigenvalue weighted by Gasteiger charge is 2.70. The van der Waals surface area contributed by atoms with E-state index in [0.717, 1.165) is 24.3 Å². The molecule has 0 aromatic rings. The molecule has 1 saturated heterocycles. The fourth-order valence-corrected chi connectivity index (χ4v) is 9.79. The summed E-state index contributed by atoms with van der Waals surface area (Å²) in [5.41, 5.74) is 1.17. The number of allylic oxidation sites excluding steroid dienone is 1. The topological polar surface area (TPSA) is 55.8 Å². The molecule has 1 N–H and O–H groups in total. The third-order valence-electron chi connectivity index (χ3n) is 11.1. The summed E-state index contributed by atoms with van der Waals surface area (Å²) in [5, 5.41) is 11.7. The van der Waals surface area contributed by atoms with E-state index in [1.807, 2.05) is 0 Å². The number of carbonyl (C=O) groups is 1. The molecule has 0 radical (unpaired) electrons. The molecule has 1 heterocycles. The van der Waals surface area contributed by atoms with E-state index in [4.69, 9.17) is 9.47 Å². The van der Waals surface area contributed by atoms with Crippen LogP contribution in [0, 0.1) is 45.3 Å². The molecule has 0 bridgehead atoms. The zero-order chi connectivity index (χ0) is 21.7. The van der Waals surface area contributed by atoms with Crippen LogP contribution in [0.1, 0.15) is 79.6 Å². The van der Waals surface area contributed by atoms with Crippen molar-refractivity contribution in [3.05, 3.63) is 11.6 Å². The van der Waals surface area contributed by atoms with Crippen LogP contribution in [-0.2, 0) is 14.3 Å². The average molecular weight is 417 g/mol. The summed E-state index contributed by atoms with van der Waals surface area (Å²) in [6, 6.07) is 0. The van der Waals surface area contributed by atoms with Gasteiger partial charge in [-0.3, -0.25) is 0 Å². The van der Waals surface area contributed by atoms with Crippen LogP contribution in [0.4, 0.5) is 0 Å². The summed E-state index contributed by atoms with van der Waals surface area (Å²) in [4.78, 5) is 12.5. The van der Waals surface area contributed by atoms with Crippen molar-refractivity contribution in [1.29, 1.82) is 0 Å². The molecular formula is C26H40O4. The Morgan fingerprint density at radius 3 is 2.43 bits per heavy atom. The first kappa shape index (κ1) is 21.0. The number of esters is 1. The monoisotopic (exact) mass is 416 g/mol. The van der Waals surface area contributed by atoms with Crippen molar-refractivity contribution < 1.29 is 19.4 Å². The predicted octanol–water partition coefficient (Wildman–Crippen LogP) is 5.10. The number of hydrogen-bond donors (Lipinski definition) is 1. The van der Waals surface area contributed by atoms with Gasteiger partial charge in [0.15, 0.2) is 0 Å². The van der Waals surface area contributed by atoms with E-state index in [1.165, 1.54) is 32.1 Å². The molecule has 0 aromatic heterocycles. The van der Waals surface area contributed by atoms with Crippen LogP contribution < -0.4 is 0 Å². The molecule has 30 heavy (non-hydrogen) atoms. The molecule has 5 aliphatic rings. The summed E-state index contributed by atoms with van der Waals surface area (Å²) < 4.78 is 11.2. The second kappa shape index (κ2) is 6.34. The molecule has 1 aliphatic heterocycles. The van der Waals surface area contributed by atoms with Gasteiger partial charge >= 0.3 is 5.97 Å². The normalized spacial score (nSPS) is 54.2. The van der Waals surface area contributed by atoms with Crippen molar-refractivity contribution in [1.82, 2.24) is 0 Å². The molecule has 5 rings (SSSR count). The molecule has 4 nitrogen and oxygen atoms in total. The number of carbonyl (C=O) groups excluding carboxylic acids is 1. The van der Waals surface area contributed by atoms with Crippen LogP contribution in [0.25, 0.3) is 0 Å². The molecule has 0 amide bonds. The van der Waals surface area contributed by atoms with Gasteiger partial charge in [0.2, 0.25) is 6.29 Å². The molecule has 9 atom stereocenters. The van der Waals surface area contributed by atoms with Crippen molar-refractivity contribution in [2.24, 2.45) is 45.3 Å². The molecule has 0 spiro atoms. The number of rotatable bonds is 1. The number of cyclic esters (lactones) is 1. The van der Waals surface area contributed by atoms with Gasteiger partial charge in [-0.2, -0.15) is 0 Å². The van der Waals surface area contributed by atoms with Gasteiger partial charge in [-0.1, -0.05) is 47.1 Å². The Morgan fingerprint density at radius 1 is 1.03 bits per heavy atom. The minimum Gasteiger partial charge on any atom is -0.432 e. The maximum absolute atomic E-state index is 12.5. The molecule has 4 fully saturated rings. The molecule has 4 aliphatic carbocycles. The van der Waals surface area contributed by atoms with E-state index in [2.05, 4.69) is 40.7 Å². The standard InChI is InChI=1S/C26H40O4/c1-23(2)11-7-12-24(3)16(23)10-13-25(4)17-9-8-15-20(22(29-6)30-21(15)28)26(17,5)19(27)14-18(24)25/h8,16-20,22,27H,7,9-14H2,1-6H3/t16-,17-,18+,19+,20?,22+,24-,25-,26+/m0/s1. The van der Waals surface area contributed by atoms with Crippen LogP contribution in [-0.4, -0.2) is 30.6 Å². The van der Waals surface area contributed by atoms with Crippen LogP contribution in [0.2, 0.25) is 0 Å². The van der Waals surface area contributed by atoms with Gasteiger partial charge in [0, 0.05) is 18.1 Å². The van der Waals surface area contributed by atoms with Gasteiger partial charge < -0.3 is 14.6 Å². The van der Waals surface area contributed by atoms with E-state index >= 15 is 0 Å². The number of fused-ring (bicyclic) bond motifs is 7. The number of aliphatic hydroxyl groups is 1. The number of hydrogen-bond acceptors (Lipinski definition) is 4. The lowest BCUT2D eigenvalue weighted by Crippen LogP contribution is -2.66. The quantitative estimate of drug-likeness (QED) is 0.604. The van der Waals surface area contributed by atoms with Gasteiger partial charge in [0.1, 0.15) is 0 Å². The highest BCUT2D eigenvalue weighted by atomic mass is 16.7. The van der Waals surface area contributed by atoms with E-state index in [0.29, 0.717) is 17.3 Å². The fourth-order valence-electron chi connectivity index (χ4n) is 9.79. The van der Waals surface area contributed by atoms with Crippen molar-refractivity contribution in [3.63, 3.8) is 0 Å². The Balaban J connectivity index is 1.59. The van der Waals surface area contributed by atoms with Crippen molar-refractivity contribution in [2.45, 2.75) is 92.0 Å². The minimum atomic E-state index is -0.577. The van der Waals surface area contributed by atoms with Crippen LogP contribution >= 0.6 is 0 Å². The van der Waals surface area contributed by atoms with Crippen LogP contribution in [0.15, 0.2) is 11.6 Å².